The normalized spacial score (nSPS) is 27.8. The maximum atomic E-state index is 12.6. The van der Waals surface area contributed by atoms with Crippen LogP contribution in [0.3, 0.4) is 0 Å². The fraction of sp³-hybridized carbons (Fsp3) is 0.800. The first-order valence-corrected chi connectivity index (χ1v) is 10.4. The highest BCUT2D eigenvalue weighted by molar-refractivity contribution is 6.28. The monoisotopic (exact) mass is 382 g/mol. The zero-order chi connectivity index (χ0) is 18.7. The fourth-order valence-corrected chi connectivity index (χ4v) is 4.64. The van der Waals surface area contributed by atoms with Crippen molar-refractivity contribution in [2.24, 2.45) is 5.41 Å². The van der Waals surface area contributed by atoms with Gasteiger partial charge >= 0.3 is 0 Å². The Morgan fingerprint density at radius 3 is 2.77 bits per heavy atom. The Morgan fingerprint density at radius 1 is 1.27 bits per heavy atom. The lowest BCUT2D eigenvalue weighted by Crippen LogP contribution is -2.40. The molecule has 6 heteroatoms. The highest BCUT2D eigenvalue weighted by atomic mass is 35.5. The Kier molecular flexibility index (Phi) is 6.39. The summed E-state index contributed by atoms with van der Waals surface area (Å²) in [5.41, 5.74) is 1.38. The molecule has 26 heavy (non-hydrogen) atoms. The molecule has 0 aromatic carbocycles. The fourth-order valence-electron chi connectivity index (χ4n) is 4.44. The minimum absolute atomic E-state index is 0.363. The molecule has 4 nitrogen and oxygen atoms in total. The molecule has 3 fully saturated rings. The molecule has 4 rings (SSSR count). The molecular weight excluding hydrogens is 351 g/mol. The summed E-state index contributed by atoms with van der Waals surface area (Å²) >= 11 is 5.97. The van der Waals surface area contributed by atoms with Crippen molar-refractivity contribution in [3.05, 3.63) is 17.0 Å². The Balaban J connectivity index is 0.000000181. The summed E-state index contributed by atoms with van der Waals surface area (Å²) < 4.78 is 12.6. The first-order chi connectivity index (χ1) is 12.4. The van der Waals surface area contributed by atoms with Crippen LogP contribution in [0.2, 0.25) is 5.28 Å². The molecule has 0 N–H and O–H groups in total. The molecule has 3 aliphatic heterocycles. The molecule has 146 valence electrons. The van der Waals surface area contributed by atoms with Crippen molar-refractivity contribution in [2.45, 2.75) is 71.5 Å². The van der Waals surface area contributed by atoms with E-state index >= 15 is 0 Å². The lowest BCUT2D eigenvalue weighted by Gasteiger charge is -2.38. The predicted molar refractivity (Wildman–Crippen MR) is 106 cm³/mol. The highest BCUT2D eigenvalue weighted by Crippen LogP contribution is 2.31. The Bertz CT molecular complexity index is 597. The number of halogens is 2. The van der Waals surface area contributed by atoms with E-state index in [-0.39, 0.29) is 0 Å². The van der Waals surface area contributed by atoms with Gasteiger partial charge in [0.05, 0.1) is 0 Å². The van der Waals surface area contributed by atoms with Gasteiger partial charge in [-0.15, -0.1) is 0 Å². The number of hydrogen-bond acceptors (Lipinski definition) is 4. The highest BCUT2D eigenvalue weighted by Gasteiger charge is 2.34. The molecule has 0 bridgehead atoms. The summed E-state index contributed by atoms with van der Waals surface area (Å²) in [4.78, 5) is 13.2. The average molecular weight is 383 g/mol. The van der Waals surface area contributed by atoms with E-state index in [1.54, 1.807) is 0 Å². The average Bonchev–Trinajstić information content (AvgIpc) is 3.14. The van der Waals surface area contributed by atoms with E-state index in [2.05, 4.69) is 46.6 Å². The molecule has 3 aliphatic rings. The van der Waals surface area contributed by atoms with Crippen LogP contribution in [0, 0.1) is 5.41 Å². The summed E-state index contributed by atoms with van der Waals surface area (Å²) in [6.45, 7) is 10.7. The quantitative estimate of drug-likeness (QED) is 0.704. The van der Waals surface area contributed by atoms with E-state index in [1.807, 2.05) is 0 Å². The first kappa shape index (κ1) is 19.8. The number of anilines is 1. The van der Waals surface area contributed by atoms with Crippen LogP contribution in [0.25, 0.3) is 0 Å². The largest absolute Gasteiger partial charge is 0.356 e. The van der Waals surface area contributed by atoms with Gasteiger partial charge in [0.25, 0.3) is 0 Å². The molecule has 1 aromatic rings. The van der Waals surface area contributed by atoms with Gasteiger partial charge in [-0.05, 0) is 62.1 Å². The van der Waals surface area contributed by atoms with Crippen LogP contribution in [0.15, 0.2) is 6.07 Å². The molecule has 0 amide bonds. The number of piperidine rings is 1. The number of rotatable bonds is 2. The molecule has 3 saturated heterocycles. The standard InChI is InChI=1S/C13H20ClN3.C7H12FN/c1-4-10-8-11(16-12(14)15-10)17-7-5-6-13(2,3)9-17;8-6-4-7-2-1-3-9(7)5-6/h8H,4-7,9H2,1-3H3;6-7H,1-5H2. The zero-order valence-corrected chi connectivity index (χ0v) is 17.1. The van der Waals surface area contributed by atoms with Crippen molar-refractivity contribution in [3.8, 4) is 0 Å². The summed E-state index contributed by atoms with van der Waals surface area (Å²) in [6.07, 6.45) is 6.21. The topological polar surface area (TPSA) is 32.3 Å². The number of hydrogen-bond donors (Lipinski definition) is 0. The SMILES string of the molecule is CCc1cc(N2CCCC(C)(C)C2)nc(Cl)n1.FC1CC2CCCN2C1. The van der Waals surface area contributed by atoms with Gasteiger partial charge in [-0.3, -0.25) is 4.90 Å². The maximum Gasteiger partial charge on any atom is 0.224 e. The van der Waals surface area contributed by atoms with Gasteiger partial charge in [-0.2, -0.15) is 0 Å². The van der Waals surface area contributed by atoms with E-state index in [1.165, 1.54) is 25.7 Å². The Hall–Kier alpha value is -0.940. The van der Waals surface area contributed by atoms with Crippen molar-refractivity contribution in [3.63, 3.8) is 0 Å². The number of alkyl halides is 1. The van der Waals surface area contributed by atoms with Crippen LogP contribution in [-0.4, -0.2) is 53.3 Å². The van der Waals surface area contributed by atoms with Crippen molar-refractivity contribution in [1.29, 1.82) is 0 Å². The van der Waals surface area contributed by atoms with Crippen LogP contribution in [0.4, 0.5) is 10.2 Å². The van der Waals surface area contributed by atoms with Crippen LogP contribution in [0.1, 0.15) is 58.6 Å². The molecule has 0 aliphatic carbocycles. The van der Waals surface area contributed by atoms with E-state index in [4.69, 9.17) is 11.6 Å². The molecule has 0 saturated carbocycles. The number of fused-ring (bicyclic) bond motifs is 1. The van der Waals surface area contributed by atoms with Gasteiger partial charge in [0, 0.05) is 37.4 Å². The van der Waals surface area contributed by atoms with Crippen molar-refractivity contribution >= 4 is 17.4 Å². The minimum atomic E-state index is -0.518. The van der Waals surface area contributed by atoms with E-state index in [0.717, 1.165) is 44.0 Å². The van der Waals surface area contributed by atoms with Gasteiger partial charge in [0.2, 0.25) is 5.28 Å². The van der Waals surface area contributed by atoms with E-state index in [9.17, 15) is 4.39 Å². The van der Waals surface area contributed by atoms with Gasteiger partial charge in [-0.25, -0.2) is 14.4 Å². The second-order valence-electron chi connectivity index (χ2n) is 8.65. The molecular formula is C20H32ClFN4. The van der Waals surface area contributed by atoms with Crippen LogP contribution < -0.4 is 4.90 Å². The van der Waals surface area contributed by atoms with Crippen molar-refractivity contribution < 1.29 is 4.39 Å². The summed E-state index contributed by atoms with van der Waals surface area (Å²) in [5, 5.41) is 0.364. The van der Waals surface area contributed by atoms with Gasteiger partial charge in [0.15, 0.2) is 0 Å². The molecule has 1 aromatic heterocycles. The number of nitrogens with zero attached hydrogens (tertiary/aromatic N) is 4. The van der Waals surface area contributed by atoms with E-state index in [0.29, 0.717) is 23.3 Å². The second-order valence-corrected chi connectivity index (χ2v) is 8.99. The number of aryl methyl sites for hydroxylation is 1. The van der Waals surface area contributed by atoms with Crippen molar-refractivity contribution in [1.82, 2.24) is 14.9 Å². The predicted octanol–water partition coefficient (Wildman–Crippen LogP) is 4.51. The van der Waals surface area contributed by atoms with Crippen LogP contribution in [-0.2, 0) is 6.42 Å². The smallest absolute Gasteiger partial charge is 0.224 e. The molecule has 2 unspecified atom stereocenters. The third-order valence-electron chi connectivity index (χ3n) is 5.78. The van der Waals surface area contributed by atoms with Crippen LogP contribution in [0.5, 0.6) is 0 Å². The Labute approximate surface area is 162 Å². The Morgan fingerprint density at radius 2 is 2.08 bits per heavy atom. The lowest BCUT2D eigenvalue weighted by molar-refractivity contribution is 0.292. The maximum absolute atomic E-state index is 12.6. The van der Waals surface area contributed by atoms with Gasteiger partial charge in [-0.1, -0.05) is 20.8 Å². The van der Waals surface area contributed by atoms with Crippen LogP contribution >= 0.6 is 11.6 Å². The zero-order valence-electron chi connectivity index (χ0n) is 16.3. The second kappa shape index (κ2) is 8.39. The molecule has 4 heterocycles. The summed E-state index contributed by atoms with van der Waals surface area (Å²) in [7, 11) is 0. The van der Waals surface area contributed by atoms with Gasteiger partial charge < -0.3 is 4.90 Å². The molecule has 0 radical (unpaired) electrons. The van der Waals surface area contributed by atoms with Gasteiger partial charge in [0.1, 0.15) is 12.0 Å². The van der Waals surface area contributed by atoms with Crippen molar-refractivity contribution in [2.75, 3.05) is 31.1 Å². The third-order valence-corrected chi connectivity index (χ3v) is 5.95. The van der Waals surface area contributed by atoms with E-state index < -0.39 is 6.17 Å². The summed E-state index contributed by atoms with van der Waals surface area (Å²) in [5.74, 6) is 0.981. The molecule has 0 spiro atoms. The summed E-state index contributed by atoms with van der Waals surface area (Å²) in [6, 6.07) is 2.67. The third kappa shape index (κ3) is 5.07. The minimum Gasteiger partial charge on any atom is -0.356 e. The lowest BCUT2D eigenvalue weighted by atomic mass is 9.84. The first-order valence-electron chi connectivity index (χ1n) is 10.0. The molecule has 2 atom stereocenters. The number of aromatic nitrogens is 2.